The Morgan fingerprint density at radius 1 is 1.24 bits per heavy atom. The Balaban J connectivity index is 1.56. The van der Waals surface area contributed by atoms with Gasteiger partial charge in [0.05, 0.1) is 5.69 Å². The molecule has 0 spiro atoms. The average molecular weight is 345 g/mol. The van der Waals surface area contributed by atoms with Crippen molar-refractivity contribution < 1.29 is 13.2 Å². The van der Waals surface area contributed by atoms with Gasteiger partial charge in [0.25, 0.3) is 0 Å². The zero-order chi connectivity index (χ0) is 17.6. The maximum Gasteiger partial charge on any atom is 0.315 e. The summed E-state index contributed by atoms with van der Waals surface area (Å²) in [5, 5.41) is 15.5. The molecular weight excluding hydrogens is 328 g/mol. The summed E-state index contributed by atoms with van der Waals surface area (Å²) >= 11 is 0. The second kappa shape index (κ2) is 5.94. The SMILES string of the molecule is Cc1nn(-c2ccc(F)cc2F)c(C)c1CNc1nnc(C2CC2)o1. The van der Waals surface area contributed by atoms with Crippen LogP contribution in [0, 0.1) is 25.5 Å². The molecule has 1 aromatic carbocycles. The lowest BCUT2D eigenvalue weighted by Crippen LogP contribution is -2.05. The van der Waals surface area contributed by atoms with E-state index in [2.05, 4.69) is 20.6 Å². The van der Waals surface area contributed by atoms with E-state index in [9.17, 15) is 8.78 Å². The van der Waals surface area contributed by atoms with Gasteiger partial charge in [-0.3, -0.25) is 0 Å². The van der Waals surface area contributed by atoms with Crippen molar-refractivity contribution in [1.29, 1.82) is 0 Å². The Bertz CT molecular complexity index is 929. The summed E-state index contributed by atoms with van der Waals surface area (Å²) in [6.45, 7) is 4.10. The first-order chi connectivity index (χ1) is 12.0. The van der Waals surface area contributed by atoms with Crippen LogP contribution in [0.15, 0.2) is 22.6 Å². The first kappa shape index (κ1) is 15.7. The van der Waals surface area contributed by atoms with Crippen LogP contribution in [0.3, 0.4) is 0 Å². The average Bonchev–Trinajstić information content (AvgIpc) is 3.25. The number of aromatic nitrogens is 4. The Morgan fingerprint density at radius 3 is 2.76 bits per heavy atom. The fraction of sp³-hybridized carbons (Fsp3) is 0.353. The summed E-state index contributed by atoms with van der Waals surface area (Å²) in [4.78, 5) is 0. The maximum atomic E-state index is 14.0. The molecule has 0 aliphatic heterocycles. The van der Waals surface area contributed by atoms with E-state index in [1.165, 1.54) is 16.8 Å². The van der Waals surface area contributed by atoms with Crippen LogP contribution in [0.25, 0.3) is 5.69 Å². The largest absolute Gasteiger partial charge is 0.408 e. The van der Waals surface area contributed by atoms with Crippen molar-refractivity contribution in [1.82, 2.24) is 20.0 Å². The number of nitrogens with one attached hydrogen (secondary N) is 1. The summed E-state index contributed by atoms with van der Waals surface area (Å²) < 4.78 is 34.2. The van der Waals surface area contributed by atoms with Crippen LogP contribution in [-0.2, 0) is 6.54 Å². The summed E-state index contributed by atoms with van der Waals surface area (Å²) in [5.41, 5.74) is 2.62. The van der Waals surface area contributed by atoms with Crippen molar-refractivity contribution in [2.24, 2.45) is 0 Å². The predicted octanol–water partition coefficient (Wildman–Crippen LogP) is 3.64. The molecule has 2 aromatic heterocycles. The Labute approximate surface area is 142 Å². The van der Waals surface area contributed by atoms with Crippen molar-refractivity contribution in [3.05, 3.63) is 52.7 Å². The van der Waals surface area contributed by atoms with Crippen LogP contribution < -0.4 is 5.32 Å². The van der Waals surface area contributed by atoms with E-state index in [0.717, 1.165) is 35.9 Å². The van der Waals surface area contributed by atoms with Crippen LogP contribution in [0.1, 0.15) is 41.6 Å². The number of rotatable bonds is 5. The Hall–Kier alpha value is -2.77. The molecule has 1 aliphatic carbocycles. The molecule has 4 rings (SSSR count). The molecule has 1 saturated carbocycles. The van der Waals surface area contributed by atoms with E-state index in [-0.39, 0.29) is 5.69 Å². The fourth-order valence-corrected chi connectivity index (χ4v) is 2.78. The van der Waals surface area contributed by atoms with Gasteiger partial charge in [-0.25, -0.2) is 13.5 Å². The van der Waals surface area contributed by atoms with Gasteiger partial charge in [-0.1, -0.05) is 5.10 Å². The van der Waals surface area contributed by atoms with E-state index >= 15 is 0 Å². The predicted molar refractivity (Wildman–Crippen MR) is 86.6 cm³/mol. The quantitative estimate of drug-likeness (QED) is 0.764. The Morgan fingerprint density at radius 2 is 2.04 bits per heavy atom. The lowest BCUT2D eigenvalue weighted by molar-refractivity contribution is 0.507. The number of aryl methyl sites for hydroxylation is 1. The van der Waals surface area contributed by atoms with Crippen LogP contribution in [0.2, 0.25) is 0 Å². The molecule has 1 N–H and O–H groups in total. The lowest BCUT2D eigenvalue weighted by Gasteiger charge is -2.07. The van der Waals surface area contributed by atoms with Crippen molar-refractivity contribution in [2.75, 3.05) is 5.32 Å². The number of hydrogen-bond acceptors (Lipinski definition) is 5. The first-order valence-corrected chi connectivity index (χ1v) is 8.10. The maximum absolute atomic E-state index is 14.0. The first-order valence-electron chi connectivity index (χ1n) is 8.10. The van der Waals surface area contributed by atoms with Crippen molar-refractivity contribution in [3.8, 4) is 5.69 Å². The normalized spacial score (nSPS) is 14.1. The third kappa shape index (κ3) is 2.99. The van der Waals surface area contributed by atoms with E-state index in [1.54, 1.807) is 0 Å². The van der Waals surface area contributed by atoms with E-state index in [1.807, 2.05) is 13.8 Å². The molecule has 0 bridgehead atoms. The highest BCUT2D eigenvalue weighted by atomic mass is 19.1. The smallest absolute Gasteiger partial charge is 0.315 e. The van der Waals surface area contributed by atoms with Gasteiger partial charge in [0, 0.05) is 29.8 Å². The summed E-state index contributed by atoms with van der Waals surface area (Å²) in [5.74, 6) is -0.209. The van der Waals surface area contributed by atoms with Gasteiger partial charge in [0.15, 0.2) is 5.82 Å². The molecular formula is C17H17F2N5O. The van der Waals surface area contributed by atoms with Gasteiger partial charge >= 0.3 is 6.01 Å². The van der Waals surface area contributed by atoms with E-state index in [0.29, 0.717) is 24.4 Å². The summed E-state index contributed by atoms with van der Waals surface area (Å²) in [7, 11) is 0. The third-order valence-electron chi connectivity index (χ3n) is 4.36. The molecule has 1 fully saturated rings. The van der Waals surface area contributed by atoms with Crippen LogP contribution in [-0.4, -0.2) is 20.0 Å². The molecule has 130 valence electrons. The van der Waals surface area contributed by atoms with Gasteiger partial charge in [0.2, 0.25) is 5.89 Å². The molecule has 8 heteroatoms. The topological polar surface area (TPSA) is 68.8 Å². The van der Waals surface area contributed by atoms with Crippen molar-refractivity contribution in [2.45, 2.75) is 39.2 Å². The minimum absolute atomic E-state index is 0.210. The summed E-state index contributed by atoms with van der Waals surface area (Å²) in [6, 6.07) is 3.80. The van der Waals surface area contributed by atoms with E-state index in [4.69, 9.17) is 4.42 Å². The number of halogens is 2. The van der Waals surface area contributed by atoms with Crippen LogP contribution in [0.4, 0.5) is 14.8 Å². The molecule has 25 heavy (non-hydrogen) atoms. The Kier molecular flexibility index (Phi) is 3.74. The molecule has 0 atom stereocenters. The third-order valence-corrected chi connectivity index (χ3v) is 4.36. The molecule has 1 aliphatic rings. The highest BCUT2D eigenvalue weighted by molar-refractivity contribution is 5.39. The number of anilines is 1. The molecule has 0 amide bonds. The van der Waals surface area contributed by atoms with E-state index < -0.39 is 11.6 Å². The number of hydrogen-bond donors (Lipinski definition) is 1. The zero-order valence-electron chi connectivity index (χ0n) is 13.9. The monoisotopic (exact) mass is 345 g/mol. The highest BCUT2D eigenvalue weighted by Gasteiger charge is 2.29. The second-order valence-corrected chi connectivity index (χ2v) is 6.23. The van der Waals surface area contributed by atoms with Gasteiger partial charge in [-0.05, 0) is 38.8 Å². The van der Waals surface area contributed by atoms with Gasteiger partial charge in [-0.15, -0.1) is 5.10 Å². The van der Waals surface area contributed by atoms with Crippen molar-refractivity contribution >= 4 is 6.01 Å². The van der Waals surface area contributed by atoms with Crippen LogP contribution in [0.5, 0.6) is 0 Å². The standard InChI is InChI=1S/C17H17F2N5O/c1-9-13(8-20-17-22-21-16(25-17)11-3-4-11)10(2)24(23-9)15-6-5-12(18)7-14(15)19/h5-7,11H,3-4,8H2,1-2H3,(H,20,22). The number of nitrogens with zero attached hydrogens (tertiary/aromatic N) is 4. The second-order valence-electron chi connectivity index (χ2n) is 6.23. The minimum atomic E-state index is -0.656. The minimum Gasteiger partial charge on any atom is -0.408 e. The molecule has 0 unspecified atom stereocenters. The van der Waals surface area contributed by atoms with Crippen LogP contribution >= 0.6 is 0 Å². The van der Waals surface area contributed by atoms with Gasteiger partial charge < -0.3 is 9.73 Å². The molecule has 0 radical (unpaired) electrons. The van der Waals surface area contributed by atoms with Gasteiger partial charge in [0.1, 0.15) is 11.5 Å². The lowest BCUT2D eigenvalue weighted by atomic mass is 10.2. The molecule has 0 saturated heterocycles. The fourth-order valence-electron chi connectivity index (χ4n) is 2.78. The highest BCUT2D eigenvalue weighted by Crippen LogP contribution is 2.39. The van der Waals surface area contributed by atoms with Gasteiger partial charge in [-0.2, -0.15) is 5.10 Å². The summed E-state index contributed by atoms with van der Waals surface area (Å²) in [6.07, 6.45) is 2.19. The van der Waals surface area contributed by atoms with Crippen molar-refractivity contribution in [3.63, 3.8) is 0 Å². The molecule has 6 nitrogen and oxygen atoms in total. The number of benzene rings is 1. The molecule has 2 heterocycles. The molecule has 3 aromatic rings. The zero-order valence-corrected chi connectivity index (χ0v) is 13.9.